The number of phenols is 1. The third-order valence-electron chi connectivity index (χ3n) is 2.73. The fourth-order valence-electron chi connectivity index (χ4n) is 1.70. The summed E-state index contributed by atoms with van der Waals surface area (Å²) < 4.78 is 2.64. The maximum absolute atomic E-state index is 12.3. The standard InChI is InChI=1S/C13H13BrN2O2/c1-15-8-9(14)7-12(15)13(18)16(2)10-3-5-11(17)6-4-10/h3-8,17H,1-2H3. The number of carbonyl (C=O) groups excluding carboxylic acids is 1. The second-order valence-corrected chi connectivity index (χ2v) is 4.95. The van der Waals surface area contributed by atoms with E-state index in [0.717, 1.165) is 10.2 Å². The Labute approximate surface area is 114 Å². The molecule has 0 spiro atoms. The van der Waals surface area contributed by atoms with Gasteiger partial charge in [0.05, 0.1) is 0 Å². The fourth-order valence-corrected chi connectivity index (χ4v) is 2.23. The van der Waals surface area contributed by atoms with Crippen LogP contribution in [-0.4, -0.2) is 22.6 Å². The Morgan fingerprint density at radius 2 is 1.94 bits per heavy atom. The number of hydrogen-bond acceptors (Lipinski definition) is 2. The molecule has 0 aliphatic carbocycles. The first-order valence-electron chi connectivity index (χ1n) is 5.38. The average molecular weight is 309 g/mol. The zero-order valence-corrected chi connectivity index (χ0v) is 11.7. The lowest BCUT2D eigenvalue weighted by Gasteiger charge is -2.17. The van der Waals surface area contributed by atoms with Crippen LogP contribution in [0.3, 0.4) is 0 Å². The van der Waals surface area contributed by atoms with E-state index in [1.54, 1.807) is 46.8 Å². The van der Waals surface area contributed by atoms with Crippen LogP contribution in [0.1, 0.15) is 10.5 Å². The lowest BCUT2D eigenvalue weighted by Crippen LogP contribution is -2.27. The summed E-state index contributed by atoms with van der Waals surface area (Å²) in [5, 5.41) is 9.23. The minimum Gasteiger partial charge on any atom is -0.508 e. The first kappa shape index (κ1) is 12.7. The molecule has 0 aliphatic heterocycles. The third-order valence-corrected chi connectivity index (χ3v) is 3.17. The molecular formula is C13H13BrN2O2. The quantitative estimate of drug-likeness (QED) is 0.927. The predicted molar refractivity (Wildman–Crippen MR) is 74.0 cm³/mol. The fraction of sp³-hybridized carbons (Fsp3) is 0.154. The molecule has 0 saturated carbocycles. The topological polar surface area (TPSA) is 45.5 Å². The van der Waals surface area contributed by atoms with Gasteiger partial charge in [-0.15, -0.1) is 0 Å². The summed E-state index contributed by atoms with van der Waals surface area (Å²) in [6.07, 6.45) is 1.83. The van der Waals surface area contributed by atoms with E-state index in [9.17, 15) is 9.90 Å². The lowest BCUT2D eigenvalue weighted by molar-refractivity contribution is 0.0985. The Morgan fingerprint density at radius 3 is 2.44 bits per heavy atom. The third kappa shape index (κ3) is 2.41. The van der Waals surface area contributed by atoms with Crippen molar-refractivity contribution in [2.24, 2.45) is 7.05 Å². The number of aromatic hydroxyl groups is 1. The highest BCUT2D eigenvalue weighted by atomic mass is 79.9. The van der Waals surface area contributed by atoms with Gasteiger partial charge in [-0.25, -0.2) is 0 Å². The maximum atomic E-state index is 12.3. The van der Waals surface area contributed by atoms with E-state index in [0.29, 0.717) is 5.69 Å². The Kier molecular flexibility index (Phi) is 3.43. The van der Waals surface area contributed by atoms with Crippen molar-refractivity contribution in [1.29, 1.82) is 0 Å². The van der Waals surface area contributed by atoms with Crippen molar-refractivity contribution in [3.05, 3.63) is 46.7 Å². The zero-order chi connectivity index (χ0) is 13.3. The van der Waals surface area contributed by atoms with Crippen molar-refractivity contribution in [2.75, 3.05) is 11.9 Å². The van der Waals surface area contributed by atoms with Crippen LogP contribution in [0.2, 0.25) is 0 Å². The largest absolute Gasteiger partial charge is 0.508 e. The highest BCUT2D eigenvalue weighted by Gasteiger charge is 2.17. The maximum Gasteiger partial charge on any atom is 0.274 e. The molecule has 94 valence electrons. The molecule has 5 heteroatoms. The number of rotatable bonds is 2. The number of anilines is 1. The van der Waals surface area contributed by atoms with Crippen LogP contribution in [0.15, 0.2) is 41.0 Å². The van der Waals surface area contributed by atoms with Crippen molar-refractivity contribution in [2.45, 2.75) is 0 Å². The summed E-state index contributed by atoms with van der Waals surface area (Å²) in [6, 6.07) is 8.29. The van der Waals surface area contributed by atoms with Crippen molar-refractivity contribution in [3.8, 4) is 5.75 Å². The Bertz CT molecular complexity index is 575. The number of phenolic OH excluding ortho intramolecular Hbond substituents is 1. The average Bonchev–Trinajstić information content (AvgIpc) is 2.67. The molecule has 1 amide bonds. The molecule has 0 aliphatic rings. The van der Waals surface area contributed by atoms with Gasteiger partial charge in [-0.3, -0.25) is 4.79 Å². The van der Waals surface area contributed by atoms with Gasteiger partial charge >= 0.3 is 0 Å². The van der Waals surface area contributed by atoms with Crippen LogP contribution in [0.25, 0.3) is 0 Å². The summed E-state index contributed by atoms with van der Waals surface area (Å²) in [5.41, 5.74) is 1.33. The lowest BCUT2D eigenvalue weighted by atomic mass is 10.2. The summed E-state index contributed by atoms with van der Waals surface area (Å²) in [7, 11) is 3.53. The second kappa shape index (κ2) is 4.86. The number of aromatic nitrogens is 1. The number of halogens is 1. The van der Waals surface area contributed by atoms with Gasteiger partial charge in [0.15, 0.2) is 0 Å². The highest BCUT2D eigenvalue weighted by molar-refractivity contribution is 9.10. The second-order valence-electron chi connectivity index (χ2n) is 4.04. The molecule has 0 bridgehead atoms. The van der Waals surface area contributed by atoms with E-state index in [-0.39, 0.29) is 11.7 Å². The molecule has 0 unspecified atom stereocenters. The molecule has 0 fully saturated rings. The SMILES string of the molecule is CN(C(=O)c1cc(Br)cn1C)c1ccc(O)cc1. The normalized spacial score (nSPS) is 10.4. The van der Waals surface area contributed by atoms with Gasteiger partial charge in [-0.05, 0) is 46.3 Å². The first-order chi connectivity index (χ1) is 8.49. The van der Waals surface area contributed by atoms with Crippen LogP contribution in [-0.2, 0) is 7.05 Å². The Morgan fingerprint density at radius 1 is 1.33 bits per heavy atom. The summed E-state index contributed by atoms with van der Waals surface area (Å²) in [5.74, 6) is 0.0788. The van der Waals surface area contributed by atoms with E-state index in [4.69, 9.17) is 0 Å². The summed E-state index contributed by atoms with van der Waals surface area (Å²) >= 11 is 3.34. The van der Waals surface area contributed by atoms with Crippen molar-refractivity contribution < 1.29 is 9.90 Å². The number of amides is 1. The van der Waals surface area contributed by atoms with Crippen LogP contribution in [0, 0.1) is 0 Å². The van der Waals surface area contributed by atoms with E-state index in [1.165, 1.54) is 0 Å². The van der Waals surface area contributed by atoms with Gasteiger partial charge in [-0.2, -0.15) is 0 Å². The summed E-state index contributed by atoms with van der Waals surface area (Å²) in [6.45, 7) is 0. The van der Waals surface area contributed by atoms with Crippen LogP contribution < -0.4 is 4.90 Å². The number of aryl methyl sites for hydroxylation is 1. The van der Waals surface area contributed by atoms with E-state index in [1.807, 2.05) is 13.2 Å². The highest BCUT2D eigenvalue weighted by Crippen LogP contribution is 2.21. The molecule has 2 aromatic rings. The van der Waals surface area contributed by atoms with Gasteiger partial charge in [0.25, 0.3) is 5.91 Å². The molecule has 4 nitrogen and oxygen atoms in total. The molecule has 2 rings (SSSR count). The minimum absolute atomic E-state index is 0.103. The molecule has 1 aromatic carbocycles. The minimum atomic E-state index is -0.103. The van der Waals surface area contributed by atoms with Gasteiger partial charge in [0, 0.05) is 30.5 Å². The smallest absolute Gasteiger partial charge is 0.274 e. The van der Waals surface area contributed by atoms with Crippen LogP contribution in [0.4, 0.5) is 5.69 Å². The van der Waals surface area contributed by atoms with Crippen LogP contribution >= 0.6 is 15.9 Å². The van der Waals surface area contributed by atoms with E-state index >= 15 is 0 Å². The molecule has 1 heterocycles. The molecule has 18 heavy (non-hydrogen) atoms. The van der Waals surface area contributed by atoms with Crippen molar-refractivity contribution in [3.63, 3.8) is 0 Å². The molecule has 1 N–H and O–H groups in total. The zero-order valence-electron chi connectivity index (χ0n) is 10.1. The molecule has 0 atom stereocenters. The molecule has 0 radical (unpaired) electrons. The number of benzene rings is 1. The van der Waals surface area contributed by atoms with Gasteiger partial charge in [0.1, 0.15) is 11.4 Å². The van der Waals surface area contributed by atoms with Gasteiger partial charge < -0.3 is 14.6 Å². The van der Waals surface area contributed by atoms with E-state index < -0.39 is 0 Å². The number of carbonyl (C=O) groups is 1. The van der Waals surface area contributed by atoms with Gasteiger partial charge in [0.2, 0.25) is 0 Å². The number of nitrogens with zero attached hydrogens (tertiary/aromatic N) is 2. The molecular weight excluding hydrogens is 296 g/mol. The number of hydrogen-bond donors (Lipinski definition) is 1. The van der Waals surface area contributed by atoms with Crippen molar-refractivity contribution >= 4 is 27.5 Å². The molecule has 0 saturated heterocycles. The van der Waals surface area contributed by atoms with Crippen molar-refractivity contribution in [1.82, 2.24) is 4.57 Å². The first-order valence-corrected chi connectivity index (χ1v) is 6.17. The molecule has 1 aromatic heterocycles. The van der Waals surface area contributed by atoms with E-state index in [2.05, 4.69) is 15.9 Å². The van der Waals surface area contributed by atoms with Crippen LogP contribution in [0.5, 0.6) is 5.75 Å². The monoisotopic (exact) mass is 308 g/mol. The summed E-state index contributed by atoms with van der Waals surface area (Å²) in [4.78, 5) is 13.8. The predicted octanol–water partition coefficient (Wildman–Crippen LogP) is 2.77. The van der Waals surface area contributed by atoms with Gasteiger partial charge in [-0.1, -0.05) is 0 Å². The Balaban J connectivity index is 2.29. The Hall–Kier alpha value is -1.75.